The molecule has 3 aromatic rings. The molecule has 0 aliphatic heterocycles. The van der Waals surface area contributed by atoms with E-state index in [1.54, 1.807) is 11.3 Å². The highest BCUT2D eigenvalue weighted by molar-refractivity contribution is 7.13. The lowest BCUT2D eigenvalue weighted by molar-refractivity contribution is -0.138. The third kappa shape index (κ3) is 15.0. The van der Waals surface area contributed by atoms with Gasteiger partial charge in [0.15, 0.2) is 0 Å². The largest absolute Gasteiger partial charge is 0.494 e. The Hall–Kier alpha value is -4.72. The average molecular weight is 625 g/mol. The second-order valence-corrected chi connectivity index (χ2v) is 11.1. The highest BCUT2D eigenvalue weighted by atomic mass is 32.1. The van der Waals surface area contributed by atoms with E-state index in [0.29, 0.717) is 26.4 Å². The molecule has 3 rings (SSSR count). The summed E-state index contributed by atoms with van der Waals surface area (Å²) < 4.78 is 21.6. The monoisotopic (exact) mass is 624 g/mol. The lowest BCUT2D eigenvalue weighted by atomic mass is 10.2. The molecule has 0 bridgehead atoms. The lowest BCUT2D eigenvalue weighted by Crippen LogP contribution is -2.02. The number of hydrogen-bond acceptors (Lipinski definition) is 7. The van der Waals surface area contributed by atoms with Crippen molar-refractivity contribution in [1.82, 2.24) is 0 Å². The maximum atomic E-state index is 11.0. The van der Waals surface area contributed by atoms with E-state index in [-0.39, 0.29) is 11.9 Å². The Morgan fingerprint density at radius 1 is 0.533 bits per heavy atom. The Morgan fingerprint density at radius 2 is 0.911 bits per heavy atom. The minimum atomic E-state index is -0.370. The summed E-state index contributed by atoms with van der Waals surface area (Å²) in [7, 11) is 0. The van der Waals surface area contributed by atoms with E-state index >= 15 is 0 Å². The van der Waals surface area contributed by atoms with Crippen molar-refractivity contribution in [2.24, 2.45) is 0 Å². The zero-order chi connectivity index (χ0) is 32.0. The molecule has 1 heterocycles. The zero-order valence-electron chi connectivity index (χ0n) is 25.7. The topological polar surface area (TPSA) is 71.1 Å². The molecule has 0 amide bonds. The van der Waals surface area contributed by atoms with E-state index in [0.717, 1.165) is 83.7 Å². The first-order valence-electron chi connectivity index (χ1n) is 15.2. The van der Waals surface area contributed by atoms with Crippen LogP contribution in [-0.4, -0.2) is 38.4 Å². The molecule has 234 valence electrons. The van der Waals surface area contributed by atoms with Crippen molar-refractivity contribution in [2.75, 3.05) is 26.4 Å². The molecule has 0 atom stereocenters. The molecule has 0 fully saturated rings. The van der Waals surface area contributed by atoms with Crippen LogP contribution in [0, 0.1) is 23.7 Å². The molecule has 0 N–H and O–H groups in total. The first-order chi connectivity index (χ1) is 22.1. The number of esters is 2. The van der Waals surface area contributed by atoms with Gasteiger partial charge in [-0.15, -0.1) is 11.3 Å². The summed E-state index contributed by atoms with van der Waals surface area (Å²) in [6.07, 6.45) is 9.97. The van der Waals surface area contributed by atoms with Crippen molar-refractivity contribution in [3.05, 3.63) is 107 Å². The van der Waals surface area contributed by atoms with Crippen LogP contribution in [0.1, 0.15) is 72.2 Å². The van der Waals surface area contributed by atoms with Crippen molar-refractivity contribution in [3.8, 4) is 35.2 Å². The lowest BCUT2D eigenvalue weighted by Gasteiger charge is -2.06. The molecule has 1 aromatic heterocycles. The fraction of sp³-hybridized carbons (Fsp3) is 0.316. The van der Waals surface area contributed by atoms with Crippen LogP contribution < -0.4 is 9.47 Å². The number of ether oxygens (including phenoxy) is 4. The van der Waals surface area contributed by atoms with E-state index in [1.165, 1.54) is 12.2 Å². The molecule has 0 aliphatic rings. The van der Waals surface area contributed by atoms with Crippen molar-refractivity contribution in [3.63, 3.8) is 0 Å². The highest BCUT2D eigenvalue weighted by Crippen LogP contribution is 2.17. The number of carbonyl (C=O) groups excluding carboxylic acids is 2. The second kappa shape index (κ2) is 21.1. The van der Waals surface area contributed by atoms with Crippen LogP contribution in [0.2, 0.25) is 0 Å². The summed E-state index contributed by atoms with van der Waals surface area (Å²) in [5, 5.41) is 0. The molecule has 6 nitrogen and oxygen atoms in total. The van der Waals surface area contributed by atoms with Crippen molar-refractivity contribution >= 4 is 23.3 Å². The molecular formula is C38H40O6S. The average Bonchev–Trinajstić information content (AvgIpc) is 3.53. The van der Waals surface area contributed by atoms with E-state index in [4.69, 9.17) is 18.9 Å². The van der Waals surface area contributed by atoms with Gasteiger partial charge in [0, 0.05) is 23.3 Å². The van der Waals surface area contributed by atoms with Crippen LogP contribution in [-0.2, 0) is 19.1 Å². The Bertz CT molecular complexity index is 1370. The zero-order valence-corrected chi connectivity index (χ0v) is 26.5. The van der Waals surface area contributed by atoms with Gasteiger partial charge in [-0.2, -0.15) is 0 Å². The van der Waals surface area contributed by atoms with Gasteiger partial charge < -0.3 is 18.9 Å². The first kappa shape index (κ1) is 34.8. The molecule has 0 radical (unpaired) electrons. The van der Waals surface area contributed by atoms with Crippen molar-refractivity contribution in [2.45, 2.75) is 51.4 Å². The number of thiophene rings is 1. The number of benzene rings is 2. The van der Waals surface area contributed by atoms with E-state index in [2.05, 4.69) is 36.8 Å². The molecule has 45 heavy (non-hydrogen) atoms. The quantitative estimate of drug-likeness (QED) is 0.0621. The first-order valence-corrected chi connectivity index (χ1v) is 16.1. The number of carbonyl (C=O) groups is 2. The van der Waals surface area contributed by atoms with Crippen LogP contribution in [0.15, 0.2) is 86.0 Å². The maximum absolute atomic E-state index is 11.0. The van der Waals surface area contributed by atoms with Crippen molar-refractivity contribution < 1.29 is 28.5 Å². The fourth-order valence-corrected chi connectivity index (χ4v) is 4.68. The Balaban J connectivity index is 1.32. The van der Waals surface area contributed by atoms with E-state index in [9.17, 15) is 9.59 Å². The predicted octanol–water partition coefficient (Wildman–Crippen LogP) is 7.88. The summed E-state index contributed by atoms with van der Waals surface area (Å²) >= 11 is 1.57. The molecule has 0 saturated carbocycles. The predicted molar refractivity (Wildman–Crippen MR) is 179 cm³/mol. The van der Waals surface area contributed by atoms with Crippen LogP contribution in [0.4, 0.5) is 0 Å². The molecule has 0 spiro atoms. The van der Waals surface area contributed by atoms with Gasteiger partial charge in [0.05, 0.1) is 36.2 Å². The van der Waals surface area contributed by atoms with Gasteiger partial charge >= 0.3 is 11.9 Å². The van der Waals surface area contributed by atoms with Gasteiger partial charge in [0.25, 0.3) is 0 Å². The van der Waals surface area contributed by atoms with E-state index < -0.39 is 0 Å². The smallest absolute Gasteiger partial charge is 0.330 e. The number of hydrogen-bond donors (Lipinski definition) is 0. The normalized spacial score (nSPS) is 9.96. The minimum absolute atomic E-state index is 0.370. The van der Waals surface area contributed by atoms with Crippen LogP contribution >= 0.6 is 11.3 Å². The molecular weight excluding hydrogens is 584 g/mol. The molecule has 0 saturated heterocycles. The Morgan fingerprint density at radius 3 is 1.29 bits per heavy atom. The highest BCUT2D eigenvalue weighted by Gasteiger charge is 2.00. The van der Waals surface area contributed by atoms with Gasteiger partial charge in [0.2, 0.25) is 0 Å². The molecule has 7 heteroatoms. The summed E-state index contributed by atoms with van der Waals surface area (Å²) in [5.74, 6) is 13.8. The third-order valence-corrected chi connectivity index (χ3v) is 7.33. The van der Waals surface area contributed by atoms with E-state index in [1.807, 2.05) is 60.7 Å². The van der Waals surface area contributed by atoms with Gasteiger partial charge in [-0.1, -0.05) is 36.8 Å². The number of unbranched alkanes of at least 4 members (excludes halogenated alkanes) is 6. The van der Waals surface area contributed by atoms with Gasteiger partial charge in [-0.3, -0.25) is 0 Å². The SMILES string of the molecule is C=CC(=O)OCCCCCCOc1ccc(C#Cc2ccc(C#Cc3ccc(OCCCCCCOC(=O)C=C)cc3)s2)cc1. The van der Waals surface area contributed by atoms with Crippen LogP contribution in [0.3, 0.4) is 0 Å². The van der Waals surface area contributed by atoms with Gasteiger partial charge in [0.1, 0.15) is 11.5 Å². The Kier molecular flexibility index (Phi) is 16.3. The summed E-state index contributed by atoms with van der Waals surface area (Å²) in [5.41, 5.74) is 1.85. The fourth-order valence-electron chi connectivity index (χ4n) is 3.97. The van der Waals surface area contributed by atoms with Crippen LogP contribution in [0.25, 0.3) is 0 Å². The summed E-state index contributed by atoms with van der Waals surface area (Å²) in [6.45, 7) is 8.92. The van der Waals surface area contributed by atoms with Gasteiger partial charge in [-0.25, -0.2) is 9.59 Å². The van der Waals surface area contributed by atoms with Gasteiger partial charge in [-0.05, 0) is 112 Å². The number of rotatable bonds is 18. The molecule has 0 unspecified atom stereocenters. The van der Waals surface area contributed by atoms with Crippen LogP contribution in [0.5, 0.6) is 11.5 Å². The van der Waals surface area contributed by atoms with Crippen molar-refractivity contribution in [1.29, 1.82) is 0 Å². The molecule has 2 aromatic carbocycles. The maximum Gasteiger partial charge on any atom is 0.330 e. The minimum Gasteiger partial charge on any atom is -0.494 e. The summed E-state index contributed by atoms with van der Waals surface area (Å²) in [6, 6.07) is 19.6. The Labute approximate surface area is 271 Å². The molecule has 0 aliphatic carbocycles. The standard InChI is InChI=1S/C38H40O6S/c1-3-37(39)43-29-11-7-5-9-27-41-33-19-13-31(14-20-33)17-23-35-25-26-36(45-35)24-18-32-15-21-34(22-16-32)42-28-10-6-8-12-30-44-38(40)4-2/h3-4,13-16,19-22,25-26H,1-2,5-12,27-30H2. The third-order valence-electron chi connectivity index (χ3n) is 6.41. The second-order valence-electron chi connectivity index (χ2n) is 9.98. The summed E-state index contributed by atoms with van der Waals surface area (Å²) in [4.78, 5) is 23.9.